The average Bonchev–Trinajstić information content (AvgIpc) is 2.95. The lowest BCUT2D eigenvalue weighted by Gasteiger charge is -2.09. The Morgan fingerprint density at radius 1 is 1.27 bits per heavy atom. The fourth-order valence-electron chi connectivity index (χ4n) is 2.10. The summed E-state index contributed by atoms with van der Waals surface area (Å²) in [5, 5.41) is 10.8. The highest BCUT2D eigenvalue weighted by Gasteiger charge is 2.13. The van der Waals surface area contributed by atoms with Gasteiger partial charge in [0.15, 0.2) is 11.5 Å². The highest BCUT2D eigenvalue weighted by atomic mass is 16.6. The molecular formula is C15H13N3O4. The molecule has 0 amide bonds. The number of methoxy groups -OCH3 is 1. The maximum atomic E-state index is 10.8. The molecule has 0 bridgehead atoms. The third kappa shape index (κ3) is 2.69. The second kappa shape index (κ2) is 5.72. The molecule has 7 nitrogen and oxygen atoms in total. The number of rotatable bonds is 5. The van der Waals surface area contributed by atoms with Gasteiger partial charge in [0.2, 0.25) is 0 Å². The average molecular weight is 299 g/mol. The molecule has 0 saturated heterocycles. The molecule has 112 valence electrons. The Morgan fingerprint density at radius 2 is 2.14 bits per heavy atom. The highest BCUT2D eigenvalue weighted by molar-refractivity contribution is 5.48. The summed E-state index contributed by atoms with van der Waals surface area (Å²) in [5.74, 6) is 0.753. The number of non-ortho nitro benzene ring substituents is 1. The molecule has 1 aromatic carbocycles. The van der Waals surface area contributed by atoms with Crippen LogP contribution in [0.3, 0.4) is 0 Å². The molecule has 0 N–H and O–H groups in total. The van der Waals surface area contributed by atoms with Crippen molar-refractivity contribution in [3.8, 4) is 11.5 Å². The number of fused-ring (bicyclic) bond motifs is 1. The van der Waals surface area contributed by atoms with Crippen LogP contribution in [0.2, 0.25) is 0 Å². The zero-order valence-corrected chi connectivity index (χ0v) is 11.8. The van der Waals surface area contributed by atoms with Crippen LogP contribution >= 0.6 is 0 Å². The van der Waals surface area contributed by atoms with Gasteiger partial charge in [-0.1, -0.05) is 6.07 Å². The quantitative estimate of drug-likeness (QED) is 0.534. The molecule has 0 aliphatic carbocycles. The van der Waals surface area contributed by atoms with E-state index in [1.165, 1.54) is 25.3 Å². The first kappa shape index (κ1) is 13.9. The van der Waals surface area contributed by atoms with Crippen molar-refractivity contribution in [2.24, 2.45) is 0 Å². The van der Waals surface area contributed by atoms with Gasteiger partial charge in [0.05, 0.1) is 23.8 Å². The fraction of sp³-hybridized carbons (Fsp3) is 0.133. The first-order valence-electron chi connectivity index (χ1n) is 6.55. The van der Waals surface area contributed by atoms with Crippen molar-refractivity contribution in [1.82, 2.24) is 9.38 Å². The molecule has 3 aromatic rings. The van der Waals surface area contributed by atoms with E-state index in [1.807, 2.05) is 35.0 Å². The predicted molar refractivity (Wildman–Crippen MR) is 79.2 cm³/mol. The van der Waals surface area contributed by atoms with E-state index in [1.54, 1.807) is 0 Å². The topological polar surface area (TPSA) is 78.9 Å². The third-order valence-corrected chi connectivity index (χ3v) is 3.15. The van der Waals surface area contributed by atoms with Crippen LogP contribution in [0, 0.1) is 10.1 Å². The molecule has 0 atom stereocenters. The third-order valence-electron chi connectivity index (χ3n) is 3.15. The van der Waals surface area contributed by atoms with Crippen molar-refractivity contribution in [3.05, 3.63) is 64.6 Å². The summed E-state index contributed by atoms with van der Waals surface area (Å²) in [6.45, 7) is 0.246. The van der Waals surface area contributed by atoms with Crippen molar-refractivity contribution >= 4 is 11.3 Å². The molecule has 0 fully saturated rings. The number of pyridine rings is 1. The van der Waals surface area contributed by atoms with E-state index in [9.17, 15) is 10.1 Å². The van der Waals surface area contributed by atoms with Gasteiger partial charge < -0.3 is 13.9 Å². The number of benzene rings is 1. The summed E-state index contributed by atoms with van der Waals surface area (Å²) < 4.78 is 12.7. The van der Waals surface area contributed by atoms with Crippen LogP contribution < -0.4 is 9.47 Å². The van der Waals surface area contributed by atoms with E-state index in [4.69, 9.17) is 9.47 Å². The lowest BCUT2D eigenvalue weighted by Crippen LogP contribution is -1.99. The van der Waals surface area contributed by atoms with E-state index in [0.717, 1.165) is 11.3 Å². The zero-order valence-electron chi connectivity index (χ0n) is 11.8. The second-order valence-electron chi connectivity index (χ2n) is 4.58. The largest absolute Gasteiger partial charge is 0.493 e. The maximum absolute atomic E-state index is 10.8. The number of aromatic nitrogens is 2. The van der Waals surface area contributed by atoms with E-state index in [-0.39, 0.29) is 12.3 Å². The maximum Gasteiger partial charge on any atom is 0.273 e. The first-order chi connectivity index (χ1) is 10.7. The van der Waals surface area contributed by atoms with Gasteiger partial charge in [-0.05, 0) is 18.2 Å². The van der Waals surface area contributed by atoms with Gasteiger partial charge in [-0.3, -0.25) is 10.1 Å². The van der Waals surface area contributed by atoms with Gasteiger partial charge in [-0.25, -0.2) is 4.98 Å². The molecule has 0 aliphatic heterocycles. The Morgan fingerprint density at radius 3 is 2.86 bits per heavy atom. The van der Waals surface area contributed by atoms with E-state index in [0.29, 0.717) is 11.5 Å². The van der Waals surface area contributed by atoms with Crippen molar-refractivity contribution in [2.45, 2.75) is 6.61 Å². The van der Waals surface area contributed by atoms with Gasteiger partial charge in [-0.15, -0.1) is 0 Å². The summed E-state index contributed by atoms with van der Waals surface area (Å²) in [6, 6.07) is 9.95. The summed E-state index contributed by atoms with van der Waals surface area (Å²) in [7, 11) is 1.44. The van der Waals surface area contributed by atoms with E-state index in [2.05, 4.69) is 4.98 Å². The Balaban J connectivity index is 1.79. The van der Waals surface area contributed by atoms with Crippen LogP contribution in [0.15, 0.2) is 48.8 Å². The normalized spacial score (nSPS) is 10.6. The SMILES string of the molecule is COc1cc([N+](=O)[O-])ccc1OCc1cn2ccccc2n1. The number of hydrogen-bond donors (Lipinski definition) is 0. The fourth-order valence-corrected chi connectivity index (χ4v) is 2.10. The summed E-state index contributed by atoms with van der Waals surface area (Å²) in [5.41, 5.74) is 1.54. The molecular weight excluding hydrogens is 286 g/mol. The van der Waals surface area contributed by atoms with Crippen molar-refractivity contribution in [1.29, 1.82) is 0 Å². The Bertz CT molecular complexity index is 796. The molecule has 3 rings (SSSR count). The summed E-state index contributed by atoms with van der Waals surface area (Å²) in [4.78, 5) is 14.7. The number of hydrogen-bond acceptors (Lipinski definition) is 5. The minimum Gasteiger partial charge on any atom is -0.493 e. The minimum absolute atomic E-state index is 0.0445. The van der Waals surface area contributed by atoms with Crippen LogP contribution in [-0.2, 0) is 6.61 Å². The Labute approximate surface area is 125 Å². The standard InChI is InChI=1S/C15H13N3O4/c1-21-14-8-12(18(19)20)5-6-13(14)22-10-11-9-17-7-3-2-4-15(17)16-11/h2-9H,10H2,1H3. The Kier molecular flexibility index (Phi) is 3.61. The van der Waals surface area contributed by atoms with E-state index >= 15 is 0 Å². The van der Waals surface area contributed by atoms with Gasteiger partial charge >= 0.3 is 0 Å². The lowest BCUT2D eigenvalue weighted by atomic mass is 10.3. The molecule has 0 radical (unpaired) electrons. The number of nitro groups is 1. The molecule has 7 heteroatoms. The van der Waals surface area contributed by atoms with E-state index < -0.39 is 4.92 Å². The molecule has 2 heterocycles. The monoisotopic (exact) mass is 299 g/mol. The smallest absolute Gasteiger partial charge is 0.273 e. The van der Waals surface area contributed by atoms with Gasteiger partial charge in [0, 0.05) is 18.5 Å². The molecule has 2 aromatic heterocycles. The summed E-state index contributed by atoms with van der Waals surface area (Å²) >= 11 is 0. The Hall–Kier alpha value is -3.09. The van der Waals surface area contributed by atoms with Crippen LogP contribution in [-0.4, -0.2) is 21.4 Å². The number of nitrogens with zero attached hydrogens (tertiary/aromatic N) is 3. The zero-order chi connectivity index (χ0) is 15.5. The molecule has 0 unspecified atom stereocenters. The lowest BCUT2D eigenvalue weighted by molar-refractivity contribution is -0.385. The van der Waals surface area contributed by atoms with Crippen molar-refractivity contribution in [3.63, 3.8) is 0 Å². The van der Waals surface area contributed by atoms with Crippen LogP contribution in [0.4, 0.5) is 5.69 Å². The highest BCUT2D eigenvalue weighted by Crippen LogP contribution is 2.31. The first-order valence-corrected chi connectivity index (χ1v) is 6.55. The second-order valence-corrected chi connectivity index (χ2v) is 4.58. The van der Waals surface area contributed by atoms with Gasteiger partial charge in [0.25, 0.3) is 5.69 Å². The van der Waals surface area contributed by atoms with Crippen LogP contribution in [0.25, 0.3) is 5.65 Å². The molecule has 0 saturated carbocycles. The van der Waals surface area contributed by atoms with Crippen LogP contribution in [0.1, 0.15) is 5.69 Å². The number of imidazole rings is 1. The van der Waals surface area contributed by atoms with Crippen LogP contribution in [0.5, 0.6) is 11.5 Å². The molecule has 0 spiro atoms. The number of ether oxygens (including phenoxy) is 2. The van der Waals surface area contributed by atoms with Crippen molar-refractivity contribution in [2.75, 3.05) is 7.11 Å². The summed E-state index contributed by atoms with van der Waals surface area (Å²) in [6.07, 6.45) is 3.77. The predicted octanol–water partition coefficient (Wildman–Crippen LogP) is 2.83. The number of nitro benzene ring substituents is 1. The van der Waals surface area contributed by atoms with Gasteiger partial charge in [0.1, 0.15) is 12.3 Å². The minimum atomic E-state index is -0.478. The molecule has 0 aliphatic rings. The van der Waals surface area contributed by atoms with Gasteiger partial charge in [-0.2, -0.15) is 0 Å². The van der Waals surface area contributed by atoms with Crippen molar-refractivity contribution < 1.29 is 14.4 Å². The molecule has 22 heavy (non-hydrogen) atoms.